The highest BCUT2D eigenvalue weighted by molar-refractivity contribution is 7.86. The second kappa shape index (κ2) is 6.91. The van der Waals surface area contributed by atoms with Gasteiger partial charge >= 0.3 is 0 Å². The van der Waals surface area contributed by atoms with Crippen molar-refractivity contribution in [1.82, 2.24) is 5.32 Å². The van der Waals surface area contributed by atoms with Crippen LogP contribution in [0.2, 0.25) is 0 Å². The fourth-order valence-electron chi connectivity index (χ4n) is 3.16. The Balaban J connectivity index is 2.01. The Morgan fingerprint density at radius 1 is 1.26 bits per heavy atom. The van der Waals surface area contributed by atoms with E-state index in [1.54, 1.807) is 6.07 Å². The minimum Gasteiger partial charge on any atom is -0.462 e. The van der Waals surface area contributed by atoms with E-state index in [4.69, 9.17) is 14.7 Å². The Labute approximate surface area is 156 Å². The highest BCUT2D eigenvalue weighted by Gasteiger charge is 2.45. The summed E-state index contributed by atoms with van der Waals surface area (Å²) >= 11 is 0. The quantitative estimate of drug-likeness (QED) is 0.522. The molecule has 0 saturated heterocycles. The topological polar surface area (TPSA) is 108 Å². The molecule has 0 radical (unpaired) electrons. The standard InChI is InChI=1S/C18H19FN2O5S/c1-18(17(20)22,26-27(2,23)24)21-15-13-9-8-12(11-6-4-3-5-7-11)14(15)16(13)25-10-19/h3-9,15,21H,10H2,1-2H3,(H2,20,22)/t15-,18-/m1/s1. The van der Waals surface area contributed by atoms with Crippen molar-refractivity contribution in [3.63, 3.8) is 0 Å². The number of fused-ring (bicyclic) bond motifs is 2. The molecule has 7 nitrogen and oxygen atoms in total. The number of primary amides is 1. The maximum absolute atomic E-state index is 12.8. The summed E-state index contributed by atoms with van der Waals surface area (Å²) in [6.07, 6.45) is 0.822. The molecule has 4 rings (SSSR count). The van der Waals surface area contributed by atoms with Crippen LogP contribution in [-0.2, 0) is 19.1 Å². The Bertz CT molecular complexity index is 981. The van der Waals surface area contributed by atoms with Crippen molar-refractivity contribution in [3.05, 3.63) is 53.6 Å². The van der Waals surface area contributed by atoms with E-state index in [9.17, 15) is 17.6 Å². The van der Waals surface area contributed by atoms with Crippen molar-refractivity contribution in [2.45, 2.75) is 18.7 Å². The number of amides is 1. The lowest BCUT2D eigenvalue weighted by atomic mass is 9.78. The third-order valence-electron chi connectivity index (χ3n) is 4.32. The van der Waals surface area contributed by atoms with Gasteiger partial charge in [0.25, 0.3) is 16.0 Å². The van der Waals surface area contributed by atoms with Crippen LogP contribution in [0.5, 0.6) is 5.75 Å². The van der Waals surface area contributed by atoms with Crippen LogP contribution in [0.1, 0.15) is 24.1 Å². The molecule has 2 aromatic carbocycles. The number of hydrogen-bond acceptors (Lipinski definition) is 6. The molecule has 0 spiro atoms. The summed E-state index contributed by atoms with van der Waals surface area (Å²) in [5.41, 5.74) is 6.18. The van der Waals surface area contributed by atoms with Gasteiger partial charge in [-0.25, -0.2) is 8.57 Å². The van der Waals surface area contributed by atoms with Crippen molar-refractivity contribution >= 4 is 16.0 Å². The molecule has 144 valence electrons. The predicted octanol–water partition coefficient (Wildman–Crippen LogP) is 1.83. The average molecular weight is 394 g/mol. The smallest absolute Gasteiger partial charge is 0.266 e. The van der Waals surface area contributed by atoms with Gasteiger partial charge < -0.3 is 10.5 Å². The molecule has 0 heterocycles. The monoisotopic (exact) mass is 394 g/mol. The molecule has 9 heteroatoms. The molecule has 2 aliphatic rings. The zero-order chi connectivity index (χ0) is 19.8. The molecule has 27 heavy (non-hydrogen) atoms. The molecule has 0 unspecified atom stereocenters. The Hall–Kier alpha value is -2.49. The third kappa shape index (κ3) is 3.66. The lowest BCUT2D eigenvalue weighted by Crippen LogP contribution is -2.58. The first kappa shape index (κ1) is 19.3. The van der Waals surface area contributed by atoms with E-state index in [1.165, 1.54) is 6.92 Å². The van der Waals surface area contributed by atoms with Gasteiger partial charge in [-0.3, -0.25) is 10.1 Å². The zero-order valence-corrected chi connectivity index (χ0v) is 15.5. The first-order valence-electron chi connectivity index (χ1n) is 8.05. The summed E-state index contributed by atoms with van der Waals surface area (Å²) in [5, 5.41) is 2.83. The van der Waals surface area contributed by atoms with E-state index in [1.807, 2.05) is 36.4 Å². The van der Waals surface area contributed by atoms with Crippen LogP contribution >= 0.6 is 0 Å². The first-order valence-corrected chi connectivity index (χ1v) is 9.87. The molecule has 0 aliphatic heterocycles. The third-order valence-corrected chi connectivity index (χ3v) is 4.95. The second-order valence-corrected chi connectivity index (χ2v) is 7.90. The van der Waals surface area contributed by atoms with Gasteiger partial charge in [-0.15, -0.1) is 0 Å². The van der Waals surface area contributed by atoms with E-state index >= 15 is 0 Å². The molecule has 1 amide bonds. The summed E-state index contributed by atoms with van der Waals surface area (Å²) in [7, 11) is -3.97. The maximum Gasteiger partial charge on any atom is 0.266 e. The van der Waals surface area contributed by atoms with E-state index < -0.39 is 34.7 Å². The molecule has 0 aromatic heterocycles. The second-order valence-electron chi connectivity index (χ2n) is 6.33. The van der Waals surface area contributed by atoms with Crippen LogP contribution in [0.3, 0.4) is 0 Å². The van der Waals surface area contributed by atoms with Crippen LogP contribution in [0.4, 0.5) is 4.39 Å². The lowest BCUT2D eigenvalue weighted by Gasteiger charge is -2.39. The van der Waals surface area contributed by atoms with Gasteiger partial charge in [0.15, 0.2) is 0 Å². The van der Waals surface area contributed by atoms with E-state index in [2.05, 4.69) is 5.32 Å². The number of nitrogens with two attached hydrogens (primary N) is 1. The van der Waals surface area contributed by atoms with Crippen LogP contribution in [0.15, 0.2) is 42.5 Å². The Morgan fingerprint density at radius 2 is 1.93 bits per heavy atom. The van der Waals surface area contributed by atoms with Crippen LogP contribution in [-0.4, -0.2) is 33.2 Å². The van der Waals surface area contributed by atoms with E-state index in [0.717, 1.165) is 17.4 Å². The van der Waals surface area contributed by atoms with Crippen molar-refractivity contribution in [2.75, 3.05) is 13.1 Å². The number of benzene rings is 2. The minimum absolute atomic E-state index is 0.350. The summed E-state index contributed by atoms with van der Waals surface area (Å²) < 4.78 is 45.9. The largest absolute Gasteiger partial charge is 0.462 e. The Morgan fingerprint density at radius 3 is 2.48 bits per heavy atom. The molecule has 3 N–H and O–H groups in total. The summed E-state index contributed by atoms with van der Waals surface area (Å²) in [5.74, 6) is -0.653. The molecule has 0 fully saturated rings. The summed E-state index contributed by atoms with van der Waals surface area (Å²) in [6.45, 7) is 0.213. The highest BCUT2D eigenvalue weighted by atomic mass is 32.2. The molecule has 2 aliphatic carbocycles. The van der Waals surface area contributed by atoms with Crippen molar-refractivity contribution in [3.8, 4) is 16.9 Å². The molecular formula is C18H19FN2O5S. The van der Waals surface area contributed by atoms with Gasteiger partial charge in [0, 0.05) is 11.1 Å². The zero-order valence-electron chi connectivity index (χ0n) is 14.7. The highest BCUT2D eigenvalue weighted by Crippen LogP contribution is 2.52. The fraction of sp³-hybridized carbons (Fsp3) is 0.278. The number of alkyl halides is 1. The van der Waals surface area contributed by atoms with Gasteiger partial charge in [0.1, 0.15) is 5.75 Å². The Kier molecular flexibility index (Phi) is 4.94. The number of ether oxygens (including phenoxy) is 1. The van der Waals surface area contributed by atoms with Gasteiger partial charge in [-0.1, -0.05) is 42.5 Å². The van der Waals surface area contributed by atoms with E-state index in [-0.39, 0.29) is 0 Å². The number of nitrogens with one attached hydrogen (secondary N) is 1. The molecule has 2 atom stereocenters. The summed E-state index contributed by atoms with van der Waals surface area (Å²) in [4.78, 5) is 11.9. The molecule has 0 saturated carbocycles. The van der Waals surface area contributed by atoms with Gasteiger partial charge in [-0.2, -0.15) is 8.42 Å². The summed E-state index contributed by atoms with van der Waals surface area (Å²) in [6, 6.07) is 12.3. The maximum atomic E-state index is 12.8. The van der Waals surface area contributed by atoms with Gasteiger partial charge in [-0.05, 0) is 18.1 Å². The first-order chi connectivity index (χ1) is 12.7. The average Bonchev–Trinajstić information content (AvgIpc) is 2.60. The van der Waals surface area contributed by atoms with Crippen LogP contribution < -0.4 is 15.8 Å². The number of rotatable bonds is 8. The van der Waals surface area contributed by atoms with Crippen molar-refractivity contribution < 1.29 is 26.5 Å². The number of hydrogen-bond donors (Lipinski definition) is 2. The van der Waals surface area contributed by atoms with Crippen LogP contribution in [0.25, 0.3) is 11.1 Å². The van der Waals surface area contributed by atoms with Crippen LogP contribution in [0, 0.1) is 0 Å². The van der Waals surface area contributed by atoms with E-state index in [0.29, 0.717) is 16.9 Å². The van der Waals surface area contributed by atoms with Crippen molar-refractivity contribution in [1.29, 1.82) is 0 Å². The SMILES string of the molecule is C[C@@](N[C@@H]1c2ccc(-c3ccccc3)c1c2OCF)(OS(C)(=O)=O)C(N)=O. The fourth-order valence-corrected chi connectivity index (χ4v) is 3.89. The number of carbonyl (C=O) groups excluding carboxylic acids is 1. The normalized spacial score (nSPS) is 17.7. The molecular weight excluding hydrogens is 375 g/mol. The van der Waals surface area contributed by atoms with Crippen molar-refractivity contribution in [2.24, 2.45) is 5.73 Å². The molecule has 2 aromatic rings. The predicted molar refractivity (Wildman–Crippen MR) is 97.0 cm³/mol. The lowest BCUT2D eigenvalue weighted by molar-refractivity contribution is -0.135. The number of halogens is 1. The minimum atomic E-state index is -3.97. The number of carbonyl (C=O) groups is 1. The van der Waals surface area contributed by atoms with Gasteiger partial charge in [0.05, 0.1) is 12.3 Å². The molecule has 2 bridgehead atoms. The van der Waals surface area contributed by atoms with Gasteiger partial charge in [0.2, 0.25) is 12.6 Å².